The quantitative estimate of drug-likeness (QED) is 0.880. The molecule has 104 valence electrons. The maximum absolute atomic E-state index is 12.2. The van der Waals surface area contributed by atoms with E-state index in [1.807, 2.05) is 25.1 Å². The highest BCUT2D eigenvalue weighted by molar-refractivity contribution is 5.96. The molecule has 1 aliphatic heterocycles. The third-order valence-corrected chi connectivity index (χ3v) is 3.49. The van der Waals surface area contributed by atoms with Crippen LogP contribution in [0.1, 0.15) is 31.2 Å². The van der Waals surface area contributed by atoms with Crippen LogP contribution in [0.4, 0.5) is 5.69 Å². The minimum absolute atomic E-state index is 0.0315. The summed E-state index contributed by atoms with van der Waals surface area (Å²) < 4.78 is 5.30. The van der Waals surface area contributed by atoms with E-state index in [1.165, 1.54) is 6.42 Å². The van der Waals surface area contributed by atoms with Crippen molar-refractivity contribution in [3.05, 3.63) is 23.8 Å². The van der Waals surface area contributed by atoms with Crippen LogP contribution >= 0.6 is 0 Å². The standard InChI is InChI=1S/C15H22N2O2/c1-11-7-8-12(14(10-11)19-2)17-15(18)13-6-4-3-5-9-16-13/h7-8,10,13,16H,3-6,9H2,1-2H3,(H,17,18). The average Bonchev–Trinajstić information content (AvgIpc) is 2.69. The molecule has 1 amide bonds. The molecule has 19 heavy (non-hydrogen) atoms. The number of rotatable bonds is 3. The third-order valence-electron chi connectivity index (χ3n) is 3.49. The van der Waals surface area contributed by atoms with E-state index in [-0.39, 0.29) is 11.9 Å². The summed E-state index contributed by atoms with van der Waals surface area (Å²) >= 11 is 0. The van der Waals surface area contributed by atoms with Crippen molar-refractivity contribution in [2.24, 2.45) is 0 Å². The SMILES string of the molecule is COc1cc(C)ccc1NC(=O)C1CCCCCN1. The van der Waals surface area contributed by atoms with Crippen LogP contribution in [0.5, 0.6) is 5.75 Å². The van der Waals surface area contributed by atoms with Crippen molar-refractivity contribution in [1.29, 1.82) is 0 Å². The number of ether oxygens (including phenoxy) is 1. The minimum atomic E-state index is -0.0893. The van der Waals surface area contributed by atoms with E-state index in [0.717, 1.165) is 37.1 Å². The van der Waals surface area contributed by atoms with Gasteiger partial charge in [0.15, 0.2) is 0 Å². The summed E-state index contributed by atoms with van der Waals surface area (Å²) in [4.78, 5) is 12.2. The fraction of sp³-hybridized carbons (Fsp3) is 0.533. The van der Waals surface area contributed by atoms with Gasteiger partial charge in [0.2, 0.25) is 5.91 Å². The monoisotopic (exact) mass is 262 g/mol. The van der Waals surface area contributed by atoms with E-state index in [9.17, 15) is 4.79 Å². The number of nitrogens with one attached hydrogen (secondary N) is 2. The number of carbonyl (C=O) groups excluding carboxylic acids is 1. The van der Waals surface area contributed by atoms with E-state index in [1.54, 1.807) is 7.11 Å². The summed E-state index contributed by atoms with van der Waals surface area (Å²) in [5.41, 5.74) is 1.85. The van der Waals surface area contributed by atoms with E-state index in [4.69, 9.17) is 4.74 Å². The lowest BCUT2D eigenvalue weighted by atomic mass is 10.1. The van der Waals surface area contributed by atoms with Gasteiger partial charge in [0.05, 0.1) is 18.8 Å². The van der Waals surface area contributed by atoms with Gasteiger partial charge in [-0.3, -0.25) is 4.79 Å². The number of carbonyl (C=O) groups is 1. The second-order valence-corrected chi connectivity index (χ2v) is 5.05. The lowest BCUT2D eigenvalue weighted by Crippen LogP contribution is -2.39. The molecule has 2 rings (SSSR count). The van der Waals surface area contributed by atoms with Gasteiger partial charge in [0, 0.05) is 0 Å². The number of anilines is 1. The first kappa shape index (κ1) is 13.9. The second-order valence-electron chi connectivity index (χ2n) is 5.05. The van der Waals surface area contributed by atoms with Gasteiger partial charge in [0.25, 0.3) is 0 Å². The Morgan fingerprint density at radius 3 is 3.00 bits per heavy atom. The number of hydrogen-bond acceptors (Lipinski definition) is 3. The van der Waals surface area contributed by atoms with Gasteiger partial charge in [-0.1, -0.05) is 18.9 Å². The summed E-state index contributed by atoms with van der Waals surface area (Å²) in [7, 11) is 1.62. The number of amides is 1. The summed E-state index contributed by atoms with van der Waals surface area (Å²) in [5.74, 6) is 0.742. The maximum atomic E-state index is 12.2. The smallest absolute Gasteiger partial charge is 0.241 e. The van der Waals surface area contributed by atoms with Crippen molar-refractivity contribution < 1.29 is 9.53 Å². The van der Waals surface area contributed by atoms with Gasteiger partial charge >= 0.3 is 0 Å². The predicted molar refractivity (Wildman–Crippen MR) is 76.6 cm³/mol. The zero-order chi connectivity index (χ0) is 13.7. The Balaban J connectivity index is 2.05. The van der Waals surface area contributed by atoms with Crippen LogP contribution < -0.4 is 15.4 Å². The summed E-state index contributed by atoms with van der Waals surface area (Å²) in [6, 6.07) is 5.70. The normalized spacial score (nSPS) is 19.6. The molecular formula is C15H22N2O2. The Kier molecular flexibility index (Phi) is 4.80. The largest absolute Gasteiger partial charge is 0.495 e. The van der Waals surface area contributed by atoms with Crippen molar-refractivity contribution in [2.45, 2.75) is 38.6 Å². The molecule has 1 aromatic rings. The lowest BCUT2D eigenvalue weighted by molar-refractivity contribution is -0.118. The van der Waals surface area contributed by atoms with Gasteiger partial charge in [-0.15, -0.1) is 0 Å². The predicted octanol–water partition coefficient (Wildman–Crippen LogP) is 2.47. The molecule has 4 nitrogen and oxygen atoms in total. The molecule has 1 fully saturated rings. The van der Waals surface area contributed by atoms with Crippen LogP contribution in [0.15, 0.2) is 18.2 Å². The van der Waals surface area contributed by atoms with Crippen molar-refractivity contribution in [2.75, 3.05) is 19.0 Å². The lowest BCUT2D eigenvalue weighted by Gasteiger charge is -2.17. The van der Waals surface area contributed by atoms with Crippen LogP contribution in [-0.2, 0) is 4.79 Å². The van der Waals surface area contributed by atoms with Gasteiger partial charge < -0.3 is 15.4 Å². The molecule has 0 aromatic heterocycles. The fourth-order valence-electron chi connectivity index (χ4n) is 2.37. The number of methoxy groups -OCH3 is 1. The first-order chi connectivity index (χ1) is 9.20. The maximum Gasteiger partial charge on any atom is 0.241 e. The Bertz CT molecular complexity index is 438. The zero-order valence-corrected chi connectivity index (χ0v) is 11.7. The van der Waals surface area contributed by atoms with Crippen molar-refractivity contribution in [1.82, 2.24) is 5.32 Å². The molecule has 0 saturated carbocycles. The van der Waals surface area contributed by atoms with Gasteiger partial charge in [0.1, 0.15) is 5.75 Å². The molecule has 0 aliphatic carbocycles. The van der Waals surface area contributed by atoms with E-state index in [2.05, 4.69) is 10.6 Å². The Hall–Kier alpha value is -1.55. The highest BCUT2D eigenvalue weighted by Crippen LogP contribution is 2.25. The highest BCUT2D eigenvalue weighted by atomic mass is 16.5. The average molecular weight is 262 g/mol. The molecule has 2 N–H and O–H groups in total. The molecule has 1 unspecified atom stereocenters. The molecule has 1 saturated heterocycles. The topological polar surface area (TPSA) is 50.4 Å². The second kappa shape index (κ2) is 6.57. The summed E-state index contributed by atoms with van der Waals surface area (Å²) in [6.45, 7) is 2.92. The van der Waals surface area contributed by atoms with Crippen molar-refractivity contribution in [3.63, 3.8) is 0 Å². The van der Waals surface area contributed by atoms with E-state index in [0.29, 0.717) is 5.75 Å². The third kappa shape index (κ3) is 3.70. The minimum Gasteiger partial charge on any atom is -0.495 e. The summed E-state index contributed by atoms with van der Waals surface area (Å²) in [5, 5.41) is 6.26. The van der Waals surface area contributed by atoms with E-state index >= 15 is 0 Å². The van der Waals surface area contributed by atoms with Crippen LogP contribution in [-0.4, -0.2) is 25.6 Å². The molecule has 0 radical (unpaired) electrons. The van der Waals surface area contributed by atoms with Crippen LogP contribution in [0.2, 0.25) is 0 Å². The van der Waals surface area contributed by atoms with Crippen LogP contribution in [0.3, 0.4) is 0 Å². The first-order valence-corrected chi connectivity index (χ1v) is 6.89. The molecule has 1 aromatic carbocycles. The molecule has 4 heteroatoms. The molecule has 0 spiro atoms. The van der Waals surface area contributed by atoms with E-state index < -0.39 is 0 Å². The Labute approximate surface area is 114 Å². The molecule has 1 atom stereocenters. The first-order valence-electron chi connectivity index (χ1n) is 6.89. The Morgan fingerprint density at radius 2 is 2.21 bits per heavy atom. The van der Waals surface area contributed by atoms with Crippen LogP contribution in [0, 0.1) is 6.92 Å². The number of aryl methyl sites for hydroxylation is 1. The summed E-state index contributed by atoms with van der Waals surface area (Å²) in [6.07, 6.45) is 4.36. The zero-order valence-electron chi connectivity index (χ0n) is 11.7. The van der Waals surface area contributed by atoms with Gasteiger partial charge in [-0.2, -0.15) is 0 Å². The molecule has 1 heterocycles. The molecule has 0 bridgehead atoms. The molecule has 1 aliphatic rings. The van der Waals surface area contributed by atoms with Gasteiger partial charge in [-0.05, 0) is 44.0 Å². The number of hydrogen-bond donors (Lipinski definition) is 2. The number of benzene rings is 1. The highest BCUT2D eigenvalue weighted by Gasteiger charge is 2.20. The van der Waals surface area contributed by atoms with Crippen LogP contribution in [0.25, 0.3) is 0 Å². The van der Waals surface area contributed by atoms with Crippen molar-refractivity contribution in [3.8, 4) is 5.75 Å². The fourth-order valence-corrected chi connectivity index (χ4v) is 2.37. The van der Waals surface area contributed by atoms with Gasteiger partial charge in [-0.25, -0.2) is 0 Å². The Morgan fingerprint density at radius 1 is 1.37 bits per heavy atom. The van der Waals surface area contributed by atoms with Crippen molar-refractivity contribution >= 4 is 11.6 Å². The molecular weight excluding hydrogens is 240 g/mol.